The predicted octanol–water partition coefficient (Wildman–Crippen LogP) is 1.13. The summed E-state index contributed by atoms with van der Waals surface area (Å²) in [4.78, 5) is 24.9. The Bertz CT molecular complexity index is 283. The lowest BCUT2D eigenvalue weighted by Gasteiger charge is -2.27. The van der Waals surface area contributed by atoms with Crippen molar-refractivity contribution in [2.75, 3.05) is 13.6 Å². The predicted molar refractivity (Wildman–Crippen MR) is 60.0 cm³/mol. The molecule has 1 rings (SSSR count). The van der Waals surface area contributed by atoms with E-state index in [1.807, 2.05) is 20.8 Å². The third-order valence-electron chi connectivity index (χ3n) is 2.43. The molecule has 0 aliphatic carbocycles. The highest BCUT2D eigenvalue weighted by Crippen LogP contribution is 2.20. The van der Waals surface area contributed by atoms with Crippen LogP contribution >= 0.6 is 0 Å². The maximum Gasteiger partial charge on any atom is 0.410 e. The lowest BCUT2D eigenvalue weighted by Crippen LogP contribution is -2.46. The van der Waals surface area contributed by atoms with Gasteiger partial charge in [-0.05, 0) is 33.6 Å². The van der Waals surface area contributed by atoms with Crippen molar-refractivity contribution >= 4 is 12.0 Å². The van der Waals surface area contributed by atoms with E-state index in [9.17, 15) is 9.59 Å². The molecule has 1 fully saturated rings. The van der Waals surface area contributed by atoms with Gasteiger partial charge in [0.15, 0.2) is 0 Å². The number of nitrogens with zero attached hydrogens (tertiary/aromatic N) is 1. The second kappa shape index (κ2) is 4.72. The quantitative estimate of drug-likeness (QED) is 0.732. The van der Waals surface area contributed by atoms with Crippen LogP contribution in [0.5, 0.6) is 0 Å². The number of hydrogen-bond acceptors (Lipinski definition) is 3. The van der Waals surface area contributed by atoms with Crippen LogP contribution in [0.2, 0.25) is 0 Å². The highest BCUT2D eigenvalue weighted by molar-refractivity contribution is 5.86. The fourth-order valence-electron chi connectivity index (χ4n) is 1.74. The number of likely N-dealkylation sites (N-methyl/N-ethyl adjacent to an activating group) is 1. The van der Waals surface area contributed by atoms with Crippen molar-refractivity contribution in [1.82, 2.24) is 10.2 Å². The van der Waals surface area contributed by atoms with Crippen LogP contribution in [-0.4, -0.2) is 42.1 Å². The number of nitrogens with one attached hydrogen (secondary N) is 1. The van der Waals surface area contributed by atoms with Gasteiger partial charge in [-0.2, -0.15) is 0 Å². The minimum absolute atomic E-state index is 0.122. The molecule has 16 heavy (non-hydrogen) atoms. The molecule has 0 unspecified atom stereocenters. The summed E-state index contributed by atoms with van der Waals surface area (Å²) < 4.78 is 5.25. The van der Waals surface area contributed by atoms with E-state index in [4.69, 9.17) is 4.74 Å². The van der Waals surface area contributed by atoms with Gasteiger partial charge in [0.1, 0.15) is 11.6 Å². The highest BCUT2D eigenvalue weighted by atomic mass is 16.6. The molecule has 2 amide bonds. The SMILES string of the molecule is CNC(=O)[C@H]1CCCN1C(=O)OC(C)(C)C. The van der Waals surface area contributed by atoms with Crippen molar-refractivity contribution in [2.45, 2.75) is 45.3 Å². The Morgan fingerprint density at radius 3 is 2.50 bits per heavy atom. The van der Waals surface area contributed by atoms with E-state index in [-0.39, 0.29) is 11.9 Å². The molecule has 0 bridgehead atoms. The first-order valence-corrected chi connectivity index (χ1v) is 5.56. The second-order valence-electron chi connectivity index (χ2n) is 4.95. The van der Waals surface area contributed by atoms with E-state index >= 15 is 0 Å². The van der Waals surface area contributed by atoms with Gasteiger partial charge in [0, 0.05) is 13.6 Å². The average molecular weight is 228 g/mol. The van der Waals surface area contributed by atoms with Crippen LogP contribution in [0.4, 0.5) is 4.79 Å². The molecule has 0 aromatic heterocycles. The number of ether oxygens (including phenoxy) is 1. The van der Waals surface area contributed by atoms with Gasteiger partial charge < -0.3 is 10.1 Å². The van der Waals surface area contributed by atoms with Crippen LogP contribution in [0, 0.1) is 0 Å². The van der Waals surface area contributed by atoms with Crippen LogP contribution in [0.1, 0.15) is 33.6 Å². The maximum atomic E-state index is 11.8. The van der Waals surface area contributed by atoms with Gasteiger partial charge >= 0.3 is 6.09 Å². The van der Waals surface area contributed by atoms with Crippen molar-refractivity contribution in [3.8, 4) is 0 Å². The molecule has 0 aromatic rings. The lowest BCUT2D eigenvalue weighted by atomic mass is 10.2. The number of rotatable bonds is 1. The average Bonchev–Trinajstić information content (AvgIpc) is 2.62. The Morgan fingerprint density at radius 1 is 1.38 bits per heavy atom. The van der Waals surface area contributed by atoms with Crippen LogP contribution in [0.15, 0.2) is 0 Å². The van der Waals surface area contributed by atoms with Gasteiger partial charge in [-0.25, -0.2) is 4.79 Å². The Kier molecular flexibility index (Phi) is 3.78. The van der Waals surface area contributed by atoms with Gasteiger partial charge in [0.25, 0.3) is 0 Å². The summed E-state index contributed by atoms with van der Waals surface area (Å²) in [7, 11) is 1.58. The molecule has 5 heteroatoms. The molecule has 0 aromatic carbocycles. The maximum absolute atomic E-state index is 11.8. The first kappa shape index (κ1) is 12.8. The Morgan fingerprint density at radius 2 is 2.00 bits per heavy atom. The standard InChI is InChI=1S/C11H20N2O3/c1-11(2,3)16-10(15)13-7-5-6-8(13)9(14)12-4/h8H,5-7H2,1-4H3,(H,12,14)/t8-/m1/s1. The van der Waals surface area contributed by atoms with E-state index in [0.717, 1.165) is 6.42 Å². The molecule has 0 saturated carbocycles. The third-order valence-corrected chi connectivity index (χ3v) is 2.43. The first-order chi connectivity index (χ1) is 7.35. The number of carbonyl (C=O) groups is 2. The number of amides is 2. The first-order valence-electron chi connectivity index (χ1n) is 5.56. The minimum atomic E-state index is -0.521. The third kappa shape index (κ3) is 3.12. The Labute approximate surface area is 96.1 Å². The normalized spacial score (nSPS) is 20.8. The van der Waals surface area contributed by atoms with E-state index in [1.165, 1.54) is 4.90 Å². The monoisotopic (exact) mass is 228 g/mol. The summed E-state index contributed by atoms with van der Waals surface area (Å²) in [6.07, 6.45) is 1.15. The largest absolute Gasteiger partial charge is 0.444 e. The molecule has 5 nitrogen and oxygen atoms in total. The zero-order chi connectivity index (χ0) is 12.3. The van der Waals surface area contributed by atoms with Crippen LogP contribution in [-0.2, 0) is 9.53 Å². The molecule has 1 heterocycles. The van der Waals surface area contributed by atoms with Crippen molar-refractivity contribution in [3.05, 3.63) is 0 Å². The van der Waals surface area contributed by atoms with Crippen LogP contribution in [0.3, 0.4) is 0 Å². The molecule has 92 valence electrons. The van der Waals surface area contributed by atoms with Crippen molar-refractivity contribution in [2.24, 2.45) is 0 Å². The summed E-state index contributed by atoms with van der Waals surface area (Å²) in [6, 6.07) is -0.375. The fourth-order valence-corrected chi connectivity index (χ4v) is 1.74. The Hall–Kier alpha value is -1.26. The molecule has 1 atom stereocenters. The van der Waals surface area contributed by atoms with Crippen molar-refractivity contribution in [1.29, 1.82) is 0 Å². The van der Waals surface area contributed by atoms with Gasteiger partial charge in [-0.3, -0.25) is 9.69 Å². The highest BCUT2D eigenvalue weighted by Gasteiger charge is 2.35. The second-order valence-corrected chi connectivity index (χ2v) is 4.95. The summed E-state index contributed by atoms with van der Waals surface area (Å²) in [5, 5.41) is 2.57. The van der Waals surface area contributed by atoms with Crippen molar-refractivity contribution in [3.63, 3.8) is 0 Å². The summed E-state index contributed by atoms with van der Waals surface area (Å²) in [5.74, 6) is -0.122. The van der Waals surface area contributed by atoms with Gasteiger partial charge in [0.05, 0.1) is 0 Å². The van der Waals surface area contributed by atoms with Crippen LogP contribution in [0.25, 0.3) is 0 Å². The molecule has 1 saturated heterocycles. The number of hydrogen-bond donors (Lipinski definition) is 1. The molecular weight excluding hydrogens is 208 g/mol. The van der Waals surface area contributed by atoms with Crippen LogP contribution < -0.4 is 5.32 Å². The van der Waals surface area contributed by atoms with Gasteiger partial charge in [0.2, 0.25) is 5.91 Å². The smallest absolute Gasteiger partial charge is 0.410 e. The molecule has 0 spiro atoms. The van der Waals surface area contributed by atoms with E-state index in [1.54, 1.807) is 7.05 Å². The van der Waals surface area contributed by atoms with E-state index < -0.39 is 11.7 Å². The summed E-state index contributed by atoms with van der Waals surface area (Å²) >= 11 is 0. The molecule has 1 aliphatic rings. The molecule has 0 radical (unpaired) electrons. The summed E-state index contributed by atoms with van der Waals surface area (Å²) in [6.45, 7) is 6.04. The summed E-state index contributed by atoms with van der Waals surface area (Å²) in [5.41, 5.74) is -0.521. The fraction of sp³-hybridized carbons (Fsp3) is 0.818. The zero-order valence-corrected chi connectivity index (χ0v) is 10.4. The van der Waals surface area contributed by atoms with Gasteiger partial charge in [-0.1, -0.05) is 0 Å². The number of carbonyl (C=O) groups excluding carboxylic acids is 2. The lowest BCUT2D eigenvalue weighted by molar-refractivity contribution is -0.124. The van der Waals surface area contributed by atoms with Gasteiger partial charge in [-0.15, -0.1) is 0 Å². The minimum Gasteiger partial charge on any atom is -0.444 e. The molecule has 1 N–H and O–H groups in total. The van der Waals surface area contributed by atoms with E-state index in [2.05, 4.69) is 5.32 Å². The molecule has 1 aliphatic heterocycles. The Balaban J connectivity index is 2.65. The zero-order valence-electron chi connectivity index (χ0n) is 10.4. The topological polar surface area (TPSA) is 58.6 Å². The van der Waals surface area contributed by atoms with E-state index in [0.29, 0.717) is 13.0 Å². The number of likely N-dealkylation sites (tertiary alicyclic amines) is 1. The van der Waals surface area contributed by atoms with Crippen molar-refractivity contribution < 1.29 is 14.3 Å². The molecular formula is C11H20N2O3.